The molecule has 2 aromatic heterocycles. The van der Waals surface area contributed by atoms with E-state index in [-0.39, 0.29) is 12.1 Å². The number of hydroxylamine groups is 2. The van der Waals surface area contributed by atoms with Crippen molar-refractivity contribution < 1.29 is 14.4 Å². The van der Waals surface area contributed by atoms with Gasteiger partial charge < -0.3 is 4.74 Å². The summed E-state index contributed by atoms with van der Waals surface area (Å²) < 4.78 is 7.50. The van der Waals surface area contributed by atoms with Crippen molar-refractivity contribution in [1.82, 2.24) is 19.8 Å². The highest BCUT2D eigenvalue weighted by atomic mass is 16.7. The molecule has 1 amide bonds. The molecule has 0 N–H and O–H groups in total. The third kappa shape index (κ3) is 2.50. The van der Waals surface area contributed by atoms with Crippen LogP contribution in [-0.2, 0) is 9.57 Å². The SMILES string of the molecule is CON(C)C(=O)c1ccnc2c1cnn2C1CCCCO1. The van der Waals surface area contributed by atoms with Gasteiger partial charge in [-0.1, -0.05) is 0 Å². The van der Waals surface area contributed by atoms with Crippen molar-refractivity contribution in [2.75, 3.05) is 20.8 Å². The van der Waals surface area contributed by atoms with Gasteiger partial charge in [0.05, 0.1) is 24.3 Å². The molecule has 1 saturated heterocycles. The van der Waals surface area contributed by atoms with Gasteiger partial charge >= 0.3 is 0 Å². The highest BCUT2D eigenvalue weighted by molar-refractivity contribution is 6.04. The van der Waals surface area contributed by atoms with Crippen molar-refractivity contribution >= 4 is 16.9 Å². The minimum Gasteiger partial charge on any atom is -0.356 e. The summed E-state index contributed by atoms with van der Waals surface area (Å²) in [5.41, 5.74) is 1.18. The first-order valence-corrected chi connectivity index (χ1v) is 6.98. The summed E-state index contributed by atoms with van der Waals surface area (Å²) in [6.45, 7) is 0.733. The largest absolute Gasteiger partial charge is 0.356 e. The predicted molar refractivity (Wildman–Crippen MR) is 75.5 cm³/mol. The van der Waals surface area contributed by atoms with Crippen LogP contribution < -0.4 is 0 Å². The molecule has 3 heterocycles. The van der Waals surface area contributed by atoms with E-state index in [0.29, 0.717) is 16.6 Å². The molecule has 0 aliphatic carbocycles. The van der Waals surface area contributed by atoms with E-state index in [4.69, 9.17) is 9.57 Å². The summed E-state index contributed by atoms with van der Waals surface area (Å²) >= 11 is 0. The predicted octanol–water partition coefficient (Wildman–Crippen LogP) is 1.76. The molecule has 112 valence electrons. The second kappa shape index (κ2) is 5.79. The van der Waals surface area contributed by atoms with Crippen LogP contribution in [-0.4, -0.2) is 46.5 Å². The van der Waals surface area contributed by atoms with Crippen LogP contribution in [0.5, 0.6) is 0 Å². The molecule has 21 heavy (non-hydrogen) atoms. The fraction of sp³-hybridized carbons (Fsp3) is 0.500. The standard InChI is InChI=1S/C14H18N4O3/c1-17(20-2)14(19)10-6-7-15-13-11(10)9-16-18(13)12-5-3-4-8-21-12/h6-7,9,12H,3-5,8H2,1-2H3. The van der Waals surface area contributed by atoms with Crippen LogP contribution in [0.25, 0.3) is 11.0 Å². The van der Waals surface area contributed by atoms with Crippen molar-refractivity contribution in [3.05, 3.63) is 24.0 Å². The van der Waals surface area contributed by atoms with Crippen molar-refractivity contribution in [2.45, 2.75) is 25.5 Å². The van der Waals surface area contributed by atoms with E-state index in [1.165, 1.54) is 12.2 Å². The first-order valence-electron chi connectivity index (χ1n) is 6.98. The van der Waals surface area contributed by atoms with Gasteiger partial charge in [0.1, 0.15) is 0 Å². The minimum atomic E-state index is -0.228. The molecular formula is C14H18N4O3. The number of ether oxygens (including phenoxy) is 1. The fourth-order valence-corrected chi connectivity index (χ4v) is 2.51. The maximum absolute atomic E-state index is 12.3. The Balaban J connectivity index is 2.01. The maximum Gasteiger partial charge on any atom is 0.278 e. The smallest absolute Gasteiger partial charge is 0.278 e. The summed E-state index contributed by atoms with van der Waals surface area (Å²) in [4.78, 5) is 21.6. The molecule has 7 nitrogen and oxygen atoms in total. The third-order valence-corrected chi connectivity index (χ3v) is 3.72. The Kier molecular flexibility index (Phi) is 3.85. The van der Waals surface area contributed by atoms with Gasteiger partial charge in [0, 0.05) is 19.9 Å². The molecule has 2 aromatic rings. The maximum atomic E-state index is 12.3. The molecule has 1 unspecified atom stereocenters. The Morgan fingerprint density at radius 2 is 2.38 bits per heavy atom. The van der Waals surface area contributed by atoms with E-state index in [1.54, 1.807) is 30.2 Å². The van der Waals surface area contributed by atoms with Crippen molar-refractivity contribution in [3.63, 3.8) is 0 Å². The lowest BCUT2D eigenvalue weighted by Gasteiger charge is -2.23. The van der Waals surface area contributed by atoms with E-state index in [9.17, 15) is 4.79 Å². The van der Waals surface area contributed by atoms with E-state index >= 15 is 0 Å². The Bertz CT molecular complexity index is 649. The second-order valence-corrected chi connectivity index (χ2v) is 4.99. The minimum absolute atomic E-state index is 0.103. The van der Waals surface area contributed by atoms with Gasteiger partial charge in [-0.15, -0.1) is 0 Å². The Hall–Kier alpha value is -1.99. The zero-order valence-electron chi connectivity index (χ0n) is 12.2. The highest BCUT2D eigenvalue weighted by Gasteiger charge is 2.22. The summed E-state index contributed by atoms with van der Waals surface area (Å²) in [6, 6.07) is 1.67. The van der Waals surface area contributed by atoms with Crippen molar-refractivity contribution in [2.24, 2.45) is 0 Å². The molecule has 1 fully saturated rings. The number of carbonyl (C=O) groups is 1. The summed E-state index contributed by atoms with van der Waals surface area (Å²) in [5.74, 6) is -0.228. The molecule has 7 heteroatoms. The summed E-state index contributed by atoms with van der Waals surface area (Å²) in [6.07, 6.45) is 6.27. The van der Waals surface area contributed by atoms with Gasteiger partial charge in [-0.2, -0.15) is 5.10 Å². The number of amides is 1. The number of hydrogen-bond acceptors (Lipinski definition) is 5. The van der Waals surface area contributed by atoms with Crippen LogP contribution in [0.4, 0.5) is 0 Å². The molecule has 0 spiro atoms. The van der Waals surface area contributed by atoms with Gasteiger partial charge in [0.2, 0.25) is 0 Å². The van der Waals surface area contributed by atoms with Crippen LogP contribution >= 0.6 is 0 Å². The fourth-order valence-electron chi connectivity index (χ4n) is 2.51. The summed E-state index contributed by atoms with van der Waals surface area (Å²) in [7, 11) is 3.03. The normalized spacial score (nSPS) is 18.9. The molecule has 3 rings (SSSR count). The van der Waals surface area contributed by atoms with E-state index < -0.39 is 0 Å². The Labute approximate surface area is 122 Å². The zero-order chi connectivity index (χ0) is 14.8. The van der Waals surface area contributed by atoms with Crippen LogP contribution in [0.1, 0.15) is 35.8 Å². The molecule has 1 atom stereocenters. The summed E-state index contributed by atoms with van der Waals surface area (Å²) in [5, 5.41) is 6.26. The van der Waals surface area contributed by atoms with E-state index in [0.717, 1.165) is 25.9 Å². The molecule has 0 saturated carbocycles. The Morgan fingerprint density at radius 1 is 1.52 bits per heavy atom. The van der Waals surface area contributed by atoms with E-state index in [2.05, 4.69) is 10.1 Å². The topological polar surface area (TPSA) is 69.5 Å². The number of aromatic nitrogens is 3. The zero-order valence-corrected chi connectivity index (χ0v) is 12.2. The lowest BCUT2D eigenvalue weighted by molar-refractivity contribution is -0.0755. The van der Waals surface area contributed by atoms with Crippen molar-refractivity contribution in [3.8, 4) is 0 Å². The lowest BCUT2D eigenvalue weighted by atomic mass is 10.1. The first kappa shape index (κ1) is 14.0. The second-order valence-electron chi connectivity index (χ2n) is 4.99. The monoisotopic (exact) mass is 290 g/mol. The molecule has 0 bridgehead atoms. The highest BCUT2D eigenvalue weighted by Crippen LogP contribution is 2.26. The van der Waals surface area contributed by atoms with Gasteiger partial charge in [-0.3, -0.25) is 9.63 Å². The van der Waals surface area contributed by atoms with Crippen LogP contribution in [0, 0.1) is 0 Å². The average molecular weight is 290 g/mol. The average Bonchev–Trinajstić information content (AvgIpc) is 2.98. The number of hydrogen-bond donors (Lipinski definition) is 0. The van der Waals surface area contributed by atoms with Crippen LogP contribution in [0.3, 0.4) is 0 Å². The number of rotatable bonds is 3. The van der Waals surface area contributed by atoms with Gasteiger partial charge in [0.15, 0.2) is 11.9 Å². The van der Waals surface area contributed by atoms with Gasteiger partial charge in [-0.05, 0) is 25.3 Å². The van der Waals surface area contributed by atoms with Crippen LogP contribution in [0.2, 0.25) is 0 Å². The number of fused-ring (bicyclic) bond motifs is 1. The lowest BCUT2D eigenvalue weighted by Crippen LogP contribution is -2.25. The van der Waals surface area contributed by atoms with E-state index in [1.807, 2.05) is 0 Å². The number of pyridine rings is 1. The molecule has 1 aliphatic rings. The molecule has 0 aromatic carbocycles. The molecular weight excluding hydrogens is 272 g/mol. The van der Waals surface area contributed by atoms with Gasteiger partial charge in [-0.25, -0.2) is 14.7 Å². The number of nitrogens with zero attached hydrogens (tertiary/aromatic N) is 4. The first-order chi connectivity index (χ1) is 10.2. The van der Waals surface area contributed by atoms with Crippen molar-refractivity contribution in [1.29, 1.82) is 0 Å². The number of carbonyl (C=O) groups excluding carboxylic acids is 1. The Morgan fingerprint density at radius 3 is 3.10 bits per heavy atom. The van der Waals surface area contributed by atoms with Gasteiger partial charge in [0.25, 0.3) is 5.91 Å². The molecule has 1 aliphatic heterocycles. The quantitative estimate of drug-likeness (QED) is 0.806. The molecule has 0 radical (unpaired) electrons. The third-order valence-electron chi connectivity index (χ3n) is 3.72. The van der Waals surface area contributed by atoms with Crippen LogP contribution in [0.15, 0.2) is 18.5 Å².